The molecule has 1 rings (SSSR count). The van der Waals surface area contributed by atoms with Crippen molar-refractivity contribution >= 4 is 5.69 Å². The topological polar surface area (TPSA) is 35.2 Å². The molecule has 0 spiro atoms. The summed E-state index contributed by atoms with van der Waals surface area (Å²) in [5.41, 5.74) is 7.75. The summed E-state index contributed by atoms with van der Waals surface area (Å²) in [6.07, 6.45) is 0. The molecule has 2 N–H and O–H groups in total. The van der Waals surface area contributed by atoms with E-state index in [0.29, 0.717) is 12.5 Å². The van der Waals surface area contributed by atoms with Gasteiger partial charge in [0.25, 0.3) is 0 Å². The highest BCUT2D eigenvalue weighted by molar-refractivity contribution is 5.48. The molecule has 0 unspecified atom stereocenters. The first-order valence-corrected chi connectivity index (χ1v) is 4.66. The Labute approximate surface area is 79.7 Å². The Morgan fingerprint density at radius 2 is 2.00 bits per heavy atom. The Hall–Kier alpha value is -1.18. The van der Waals surface area contributed by atoms with E-state index < -0.39 is 0 Å². The van der Waals surface area contributed by atoms with Crippen LogP contribution in [0.5, 0.6) is 5.75 Å². The zero-order chi connectivity index (χ0) is 9.84. The van der Waals surface area contributed by atoms with Gasteiger partial charge in [-0.2, -0.15) is 0 Å². The summed E-state index contributed by atoms with van der Waals surface area (Å²) in [6, 6.07) is 5.90. The van der Waals surface area contributed by atoms with E-state index in [1.807, 2.05) is 25.1 Å². The molecular formula is C11H17NO. The van der Waals surface area contributed by atoms with E-state index in [0.717, 1.165) is 11.4 Å². The number of hydrogen-bond acceptors (Lipinski definition) is 2. The van der Waals surface area contributed by atoms with Crippen molar-refractivity contribution in [2.75, 3.05) is 12.3 Å². The van der Waals surface area contributed by atoms with Crippen molar-refractivity contribution in [1.82, 2.24) is 0 Å². The van der Waals surface area contributed by atoms with Crippen molar-refractivity contribution < 1.29 is 4.74 Å². The largest absolute Gasteiger partial charge is 0.494 e. The molecule has 0 saturated carbocycles. The minimum atomic E-state index is 0.489. The Bertz CT molecular complexity index is 281. The van der Waals surface area contributed by atoms with Crippen molar-refractivity contribution in [2.24, 2.45) is 0 Å². The predicted octanol–water partition coefficient (Wildman–Crippen LogP) is 2.79. The van der Waals surface area contributed by atoms with E-state index in [9.17, 15) is 0 Å². The third-order valence-corrected chi connectivity index (χ3v) is 1.93. The number of hydrogen-bond donors (Lipinski definition) is 1. The van der Waals surface area contributed by atoms with Gasteiger partial charge in [-0.25, -0.2) is 0 Å². The Kier molecular flexibility index (Phi) is 3.18. The van der Waals surface area contributed by atoms with Crippen LogP contribution in [0.25, 0.3) is 0 Å². The van der Waals surface area contributed by atoms with Crippen LogP contribution in [-0.2, 0) is 0 Å². The number of nitrogens with two attached hydrogens (primary N) is 1. The quantitative estimate of drug-likeness (QED) is 0.724. The molecule has 0 heterocycles. The zero-order valence-corrected chi connectivity index (χ0v) is 8.50. The Morgan fingerprint density at radius 3 is 2.54 bits per heavy atom. The first-order valence-electron chi connectivity index (χ1n) is 4.66. The second-order valence-electron chi connectivity index (χ2n) is 3.42. The van der Waals surface area contributed by atoms with E-state index in [-0.39, 0.29) is 0 Å². The van der Waals surface area contributed by atoms with Gasteiger partial charge in [-0.3, -0.25) is 0 Å². The van der Waals surface area contributed by atoms with Crippen LogP contribution < -0.4 is 10.5 Å². The fourth-order valence-corrected chi connectivity index (χ4v) is 1.23. The van der Waals surface area contributed by atoms with Crippen LogP contribution in [0, 0.1) is 0 Å². The molecule has 72 valence electrons. The molecule has 0 aromatic heterocycles. The number of nitrogen functional groups attached to an aromatic ring is 1. The predicted molar refractivity (Wildman–Crippen MR) is 56.1 cm³/mol. The fraction of sp³-hybridized carbons (Fsp3) is 0.455. The third kappa shape index (κ3) is 2.65. The van der Waals surface area contributed by atoms with E-state index in [1.165, 1.54) is 5.56 Å². The lowest BCUT2D eigenvalue weighted by Gasteiger charge is -2.10. The summed E-state index contributed by atoms with van der Waals surface area (Å²) in [4.78, 5) is 0. The SMILES string of the molecule is CCOc1cc(N)cc(C(C)C)c1. The molecule has 0 bridgehead atoms. The van der Waals surface area contributed by atoms with Gasteiger partial charge in [0.15, 0.2) is 0 Å². The maximum Gasteiger partial charge on any atom is 0.121 e. The standard InChI is InChI=1S/C11H17NO/c1-4-13-11-6-9(8(2)3)5-10(12)7-11/h5-8H,4,12H2,1-3H3. The summed E-state index contributed by atoms with van der Waals surface area (Å²) in [6.45, 7) is 6.94. The molecule has 0 amide bonds. The summed E-state index contributed by atoms with van der Waals surface area (Å²) in [7, 11) is 0. The summed E-state index contributed by atoms with van der Waals surface area (Å²) in [5, 5.41) is 0. The Balaban J connectivity index is 2.96. The normalized spacial score (nSPS) is 10.5. The van der Waals surface area contributed by atoms with Gasteiger partial charge in [-0.1, -0.05) is 13.8 Å². The molecule has 0 atom stereocenters. The van der Waals surface area contributed by atoms with Gasteiger partial charge < -0.3 is 10.5 Å². The van der Waals surface area contributed by atoms with Crippen LogP contribution in [0.1, 0.15) is 32.3 Å². The Morgan fingerprint density at radius 1 is 1.31 bits per heavy atom. The molecule has 0 radical (unpaired) electrons. The highest BCUT2D eigenvalue weighted by Gasteiger charge is 2.02. The third-order valence-electron chi connectivity index (χ3n) is 1.93. The molecule has 0 saturated heterocycles. The van der Waals surface area contributed by atoms with E-state index >= 15 is 0 Å². The van der Waals surface area contributed by atoms with E-state index in [4.69, 9.17) is 10.5 Å². The maximum absolute atomic E-state index is 5.75. The number of rotatable bonds is 3. The summed E-state index contributed by atoms with van der Waals surface area (Å²) < 4.78 is 5.40. The van der Waals surface area contributed by atoms with Gasteiger partial charge in [0.2, 0.25) is 0 Å². The monoisotopic (exact) mass is 179 g/mol. The van der Waals surface area contributed by atoms with Gasteiger partial charge in [0, 0.05) is 11.8 Å². The average molecular weight is 179 g/mol. The maximum atomic E-state index is 5.75. The molecule has 1 aromatic rings. The number of benzene rings is 1. The van der Waals surface area contributed by atoms with Crippen LogP contribution in [0.2, 0.25) is 0 Å². The van der Waals surface area contributed by atoms with Crippen molar-refractivity contribution in [2.45, 2.75) is 26.7 Å². The molecule has 1 aromatic carbocycles. The lowest BCUT2D eigenvalue weighted by Crippen LogP contribution is -1.96. The first kappa shape index (κ1) is 9.90. The molecule has 13 heavy (non-hydrogen) atoms. The van der Waals surface area contributed by atoms with Gasteiger partial charge in [-0.15, -0.1) is 0 Å². The number of anilines is 1. The molecule has 0 fully saturated rings. The van der Waals surface area contributed by atoms with E-state index in [1.54, 1.807) is 0 Å². The highest BCUT2D eigenvalue weighted by Crippen LogP contribution is 2.24. The van der Waals surface area contributed by atoms with Crippen molar-refractivity contribution in [3.8, 4) is 5.75 Å². The molecule has 0 aliphatic carbocycles. The van der Waals surface area contributed by atoms with Gasteiger partial charge >= 0.3 is 0 Å². The molecule has 0 aliphatic heterocycles. The van der Waals surface area contributed by atoms with Crippen LogP contribution in [-0.4, -0.2) is 6.61 Å². The second kappa shape index (κ2) is 4.17. The summed E-state index contributed by atoms with van der Waals surface area (Å²) >= 11 is 0. The minimum Gasteiger partial charge on any atom is -0.494 e. The fourth-order valence-electron chi connectivity index (χ4n) is 1.23. The molecule has 2 nitrogen and oxygen atoms in total. The highest BCUT2D eigenvalue weighted by atomic mass is 16.5. The van der Waals surface area contributed by atoms with Gasteiger partial charge in [-0.05, 0) is 30.5 Å². The van der Waals surface area contributed by atoms with Crippen molar-refractivity contribution in [3.63, 3.8) is 0 Å². The lowest BCUT2D eigenvalue weighted by molar-refractivity contribution is 0.340. The average Bonchev–Trinajstić information content (AvgIpc) is 2.03. The zero-order valence-electron chi connectivity index (χ0n) is 8.50. The smallest absolute Gasteiger partial charge is 0.121 e. The second-order valence-corrected chi connectivity index (χ2v) is 3.42. The molecule has 0 aliphatic rings. The van der Waals surface area contributed by atoms with Crippen LogP contribution in [0.15, 0.2) is 18.2 Å². The van der Waals surface area contributed by atoms with Crippen LogP contribution in [0.4, 0.5) is 5.69 Å². The van der Waals surface area contributed by atoms with Gasteiger partial charge in [0.05, 0.1) is 6.61 Å². The summed E-state index contributed by atoms with van der Waals surface area (Å²) in [5.74, 6) is 1.36. The van der Waals surface area contributed by atoms with Crippen molar-refractivity contribution in [3.05, 3.63) is 23.8 Å². The lowest BCUT2D eigenvalue weighted by atomic mass is 10.0. The minimum absolute atomic E-state index is 0.489. The van der Waals surface area contributed by atoms with Crippen molar-refractivity contribution in [1.29, 1.82) is 0 Å². The van der Waals surface area contributed by atoms with Gasteiger partial charge in [0.1, 0.15) is 5.75 Å². The molecule has 2 heteroatoms. The van der Waals surface area contributed by atoms with E-state index in [2.05, 4.69) is 13.8 Å². The van der Waals surface area contributed by atoms with Crippen LogP contribution >= 0.6 is 0 Å². The number of ether oxygens (including phenoxy) is 1. The first-order chi connectivity index (χ1) is 6.13. The molecular weight excluding hydrogens is 162 g/mol. The van der Waals surface area contributed by atoms with Crippen LogP contribution in [0.3, 0.4) is 0 Å².